The predicted molar refractivity (Wildman–Crippen MR) is 69.4 cm³/mol. The highest BCUT2D eigenvalue weighted by molar-refractivity contribution is 5.88. The van der Waals surface area contributed by atoms with Gasteiger partial charge in [0.05, 0.1) is 19.3 Å². The molecule has 19 heavy (non-hydrogen) atoms. The van der Waals surface area contributed by atoms with Crippen LogP contribution in [0.4, 0.5) is 4.39 Å². The van der Waals surface area contributed by atoms with Crippen LogP contribution in [0.25, 0.3) is 0 Å². The topological polar surface area (TPSA) is 41.6 Å². The third kappa shape index (κ3) is 2.41. The third-order valence-corrected chi connectivity index (χ3v) is 3.30. The molecule has 1 N–H and O–H groups in total. The lowest BCUT2D eigenvalue weighted by atomic mass is 10.1. The number of carbonyl (C=O) groups is 1. The fraction of sp³-hybridized carbons (Fsp3) is 0.357. The number of hydrogen-bond acceptors (Lipinski definition) is 4. The van der Waals surface area contributed by atoms with E-state index in [0.29, 0.717) is 0 Å². The molecule has 2 rings (SSSR count). The van der Waals surface area contributed by atoms with Crippen LogP contribution < -0.4 is 5.32 Å². The normalized spacial score (nSPS) is 20.2. The summed E-state index contributed by atoms with van der Waals surface area (Å²) in [5.41, 5.74) is 0.957. The number of nitrogens with zero attached hydrogens (tertiary/aromatic N) is 1. The summed E-state index contributed by atoms with van der Waals surface area (Å²) in [6.45, 7) is 3.73. The minimum absolute atomic E-state index is 0.0497. The lowest BCUT2D eigenvalue weighted by Gasteiger charge is -2.31. The summed E-state index contributed by atoms with van der Waals surface area (Å²) in [5, 5.41) is 2.62. The molecule has 102 valence electrons. The molecule has 1 heterocycles. The number of benzene rings is 1. The van der Waals surface area contributed by atoms with Crippen LogP contribution in [0.3, 0.4) is 0 Å². The van der Waals surface area contributed by atoms with E-state index in [-0.39, 0.29) is 17.9 Å². The highest BCUT2D eigenvalue weighted by Gasteiger charge is 2.37. The van der Waals surface area contributed by atoms with Crippen molar-refractivity contribution in [1.82, 2.24) is 10.2 Å². The molecule has 0 saturated heterocycles. The van der Waals surface area contributed by atoms with Crippen molar-refractivity contribution < 1.29 is 13.9 Å². The molecule has 1 aromatic rings. The summed E-state index contributed by atoms with van der Waals surface area (Å²) in [6.07, 6.45) is -0.302. The summed E-state index contributed by atoms with van der Waals surface area (Å²) in [7, 11) is 1.25. The molecular formula is C14H17FN2O2. The summed E-state index contributed by atoms with van der Waals surface area (Å²) in [6, 6.07) is 9.51. The second-order valence-corrected chi connectivity index (χ2v) is 4.47. The molecule has 5 heteroatoms. The van der Waals surface area contributed by atoms with Gasteiger partial charge in [-0.1, -0.05) is 30.3 Å². The Morgan fingerprint density at radius 1 is 1.42 bits per heavy atom. The smallest absolute Gasteiger partial charge is 0.359 e. The Bertz CT molecular complexity index is 501. The Balaban J connectivity index is 2.34. The zero-order valence-electron chi connectivity index (χ0n) is 11.2. The van der Waals surface area contributed by atoms with E-state index >= 15 is 0 Å². The van der Waals surface area contributed by atoms with E-state index in [4.69, 9.17) is 0 Å². The van der Waals surface area contributed by atoms with E-state index in [0.717, 1.165) is 5.56 Å². The minimum Gasteiger partial charge on any atom is -0.464 e. The Morgan fingerprint density at radius 2 is 2.05 bits per heavy atom. The van der Waals surface area contributed by atoms with E-state index in [1.54, 1.807) is 11.8 Å². The zero-order valence-corrected chi connectivity index (χ0v) is 11.2. The van der Waals surface area contributed by atoms with Crippen LogP contribution in [0.1, 0.15) is 25.5 Å². The third-order valence-electron chi connectivity index (χ3n) is 3.30. The molecule has 0 aliphatic carbocycles. The molecule has 2 atom stereocenters. The number of halogens is 1. The molecule has 0 aromatic heterocycles. The van der Waals surface area contributed by atoms with Crippen molar-refractivity contribution >= 4 is 5.97 Å². The first kappa shape index (κ1) is 13.4. The Kier molecular flexibility index (Phi) is 3.74. The second-order valence-electron chi connectivity index (χ2n) is 4.47. The molecule has 0 bridgehead atoms. The first-order valence-electron chi connectivity index (χ1n) is 6.14. The largest absolute Gasteiger partial charge is 0.464 e. The predicted octanol–water partition coefficient (Wildman–Crippen LogP) is 2.31. The minimum atomic E-state index is -0.669. The maximum Gasteiger partial charge on any atom is 0.359 e. The number of carbonyl (C=O) groups excluding carboxylic acids is 1. The highest BCUT2D eigenvalue weighted by Crippen LogP contribution is 2.32. The van der Waals surface area contributed by atoms with Gasteiger partial charge >= 0.3 is 5.97 Å². The zero-order chi connectivity index (χ0) is 14.0. The van der Waals surface area contributed by atoms with Gasteiger partial charge in [0, 0.05) is 0 Å². The van der Waals surface area contributed by atoms with Crippen LogP contribution in [-0.4, -0.2) is 24.1 Å². The molecule has 1 unspecified atom stereocenters. The quantitative estimate of drug-likeness (QED) is 0.672. The van der Waals surface area contributed by atoms with E-state index in [9.17, 15) is 9.18 Å². The van der Waals surface area contributed by atoms with Crippen LogP contribution in [0, 0.1) is 0 Å². The number of methoxy groups -OCH3 is 1. The maximum absolute atomic E-state index is 13.8. The molecule has 0 spiro atoms. The summed E-state index contributed by atoms with van der Waals surface area (Å²) >= 11 is 0. The van der Waals surface area contributed by atoms with Crippen LogP contribution in [0.5, 0.6) is 0 Å². The lowest BCUT2D eigenvalue weighted by molar-refractivity contribution is -0.138. The van der Waals surface area contributed by atoms with Gasteiger partial charge in [-0.25, -0.2) is 4.79 Å². The van der Waals surface area contributed by atoms with Gasteiger partial charge in [-0.05, 0) is 19.4 Å². The number of nitrogens with one attached hydrogen (secondary N) is 1. The van der Waals surface area contributed by atoms with Crippen LogP contribution in [0.15, 0.2) is 42.0 Å². The number of rotatable bonds is 3. The molecule has 4 nitrogen and oxygen atoms in total. The molecule has 0 fully saturated rings. The SMILES string of the molecule is COC(=O)C1=C(F)NC(C)N1[C@H](C)c1ccccc1. The molecule has 1 aliphatic rings. The fourth-order valence-electron chi connectivity index (χ4n) is 2.34. The molecule has 0 amide bonds. The van der Waals surface area contributed by atoms with Crippen molar-refractivity contribution in [2.45, 2.75) is 26.1 Å². The van der Waals surface area contributed by atoms with Crippen molar-refractivity contribution in [2.75, 3.05) is 7.11 Å². The highest BCUT2D eigenvalue weighted by atomic mass is 19.1. The number of hydrogen-bond donors (Lipinski definition) is 1. The van der Waals surface area contributed by atoms with E-state index in [1.807, 2.05) is 37.3 Å². The summed E-state index contributed by atoms with van der Waals surface area (Å²) < 4.78 is 18.5. The first-order chi connectivity index (χ1) is 9.06. The average Bonchev–Trinajstić information content (AvgIpc) is 2.72. The van der Waals surface area contributed by atoms with Crippen molar-refractivity contribution in [3.05, 3.63) is 47.5 Å². The van der Waals surface area contributed by atoms with Gasteiger partial charge in [0.15, 0.2) is 5.70 Å². The number of esters is 1. The van der Waals surface area contributed by atoms with Gasteiger partial charge in [0.1, 0.15) is 0 Å². The van der Waals surface area contributed by atoms with Crippen molar-refractivity contribution in [2.24, 2.45) is 0 Å². The average molecular weight is 264 g/mol. The molecular weight excluding hydrogens is 247 g/mol. The standard InChI is InChI=1S/C14H17FN2O2/c1-9(11-7-5-4-6-8-11)17-10(2)16-13(15)12(17)14(18)19-3/h4-10,16H,1-3H3/t9-,10?/m1/s1. The van der Waals surface area contributed by atoms with Gasteiger partial charge in [-0.2, -0.15) is 4.39 Å². The van der Waals surface area contributed by atoms with E-state index in [1.165, 1.54) is 7.11 Å². The first-order valence-corrected chi connectivity index (χ1v) is 6.14. The van der Waals surface area contributed by atoms with E-state index < -0.39 is 11.9 Å². The fourth-order valence-corrected chi connectivity index (χ4v) is 2.34. The molecule has 1 aromatic carbocycles. The Hall–Kier alpha value is -2.04. The van der Waals surface area contributed by atoms with Crippen LogP contribution in [-0.2, 0) is 9.53 Å². The van der Waals surface area contributed by atoms with Gasteiger partial charge in [-0.3, -0.25) is 0 Å². The lowest BCUT2D eigenvalue weighted by Crippen LogP contribution is -2.38. The van der Waals surface area contributed by atoms with Crippen LogP contribution >= 0.6 is 0 Å². The number of ether oxygens (including phenoxy) is 1. The molecule has 0 saturated carbocycles. The van der Waals surface area contributed by atoms with Crippen molar-refractivity contribution in [3.8, 4) is 0 Å². The van der Waals surface area contributed by atoms with Crippen LogP contribution in [0.2, 0.25) is 0 Å². The Labute approximate surface area is 111 Å². The molecule has 1 aliphatic heterocycles. The van der Waals surface area contributed by atoms with Gasteiger partial charge in [0.2, 0.25) is 5.95 Å². The molecule has 0 radical (unpaired) electrons. The second kappa shape index (κ2) is 5.30. The monoisotopic (exact) mass is 264 g/mol. The van der Waals surface area contributed by atoms with Crippen molar-refractivity contribution in [1.29, 1.82) is 0 Å². The maximum atomic E-state index is 13.8. The van der Waals surface area contributed by atoms with Gasteiger partial charge < -0.3 is 15.0 Å². The van der Waals surface area contributed by atoms with E-state index in [2.05, 4.69) is 10.1 Å². The summed E-state index contributed by atoms with van der Waals surface area (Å²) in [4.78, 5) is 13.4. The van der Waals surface area contributed by atoms with Gasteiger partial charge in [-0.15, -0.1) is 0 Å². The van der Waals surface area contributed by atoms with Crippen molar-refractivity contribution in [3.63, 3.8) is 0 Å². The van der Waals surface area contributed by atoms with Gasteiger partial charge in [0.25, 0.3) is 0 Å². The summed E-state index contributed by atoms with van der Waals surface area (Å²) in [5.74, 6) is -1.31. The Morgan fingerprint density at radius 3 is 2.63 bits per heavy atom.